The van der Waals surface area contributed by atoms with E-state index in [-0.39, 0.29) is 22.4 Å². The van der Waals surface area contributed by atoms with Crippen molar-refractivity contribution in [3.63, 3.8) is 0 Å². The first-order valence-corrected chi connectivity index (χ1v) is 11.2. The number of hydrogen-bond donors (Lipinski definition) is 1. The lowest BCUT2D eigenvalue weighted by molar-refractivity contribution is -0.123. The lowest BCUT2D eigenvalue weighted by Gasteiger charge is -2.13. The van der Waals surface area contributed by atoms with E-state index in [2.05, 4.69) is 0 Å². The van der Waals surface area contributed by atoms with Gasteiger partial charge in [0.2, 0.25) is 0 Å². The summed E-state index contributed by atoms with van der Waals surface area (Å²) in [6.07, 6.45) is 5.42. The summed E-state index contributed by atoms with van der Waals surface area (Å²) in [5, 5.41) is 10.7. The molecule has 160 valence electrons. The molecule has 0 aliphatic carbocycles. The van der Waals surface area contributed by atoms with Gasteiger partial charge in [-0.3, -0.25) is 14.5 Å². The van der Waals surface area contributed by atoms with Gasteiger partial charge in [0.15, 0.2) is 0 Å². The molecule has 3 aromatic rings. The number of aromatic hydroxyl groups is 1. The Kier molecular flexibility index (Phi) is 6.70. The Morgan fingerprint density at radius 1 is 0.875 bits per heavy atom. The van der Waals surface area contributed by atoms with Gasteiger partial charge in [-0.05, 0) is 58.8 Å². The number of hydrogen-bond acceptors (Lipinski definition) is 4. The fourth-order valence-corrected chi connectivity index (χ4v) is 4.30. The molecule has 0 radical (unpaired) electrons. The minimum Gasteiger partial charge on any atom is -0.507 e. The molecule has 1 aliphatic heterocycles. The third-order valence-corrected chi connectivity index (χ3v) is 6.45. The van der Waals surface area contributed by atoms with E-state index in [0.29, 0.717) is 21.2 Å². The van der Waals surface area contributed by atoms with Crippen molar-refractivity contribution in [3.05, 3.63) is 104 Å². The van der Waals surface area contributed by atoms with Gasteiger partial charge >= 0.3 is 0 Å². The van der Waals surface area contributed by atoms with E-state index in [1.807, 2.05) is 42.5 Å². The highest BCUT2D eigenvalue weighted by Crippen LogP contribution is 2.35. The monoisotopic (exact) mass is 481 g/mol. The van der Waals surface area contributed by atoms with Crippen molar-refractivity contribution >= 4 is 64.3 Å². The summed E-state index contributed by atoms with van der Waals surface area (Å²) in [4.78, 5) is 26.7. The summed E-state index contributed by atoms with van der Waals surface area (Å²) in [5.41, 5.74) is 3.05. The van der Waals surface area contributed by atoms with Crippen LogP contribution in [0.4, 0.5) is 4.79 Å². The summed E-state index contributed by atoms with van der Waals surface area (Å²) in [6, 6.07) is 19.9. The molecule has 1 fully saturated rings. The predicted octanol–water partition coefficient (Wildman–Crippen LogP) is 7.11. The Bertz CT molecular complexity index is 1260. The number of phenolic OH excluding ortho intramolecular Hbond substituents is 1. The average Bonchev–Trinajstić information content (AvgIpc) is 3.05. The van der Waals surface area contributed by atoms with E-state index in [1.54, 1.807) is 36.4 Å². The quantitative estimate of drug-likeness (QED) is 0.311. The molecule has 4 rings (SSSR count). The largest absolute Gasteiger partial charge is 0.507 e. The average molecular weight is 482 g/mol. The Morgan fingerprint density at radius 2 is 1.62 bits per heavy atom. The fourth-order valence-electron chi connectivity index (χ4n) is 3.15. The smallest absolute Gasteiger partial charge is 0.293 e. The van der Waals surface area contributed by atoms with Crippen LogP contribution in [-0.2, 0) is 11.3 Å². The van der Waals surface area contributed by atoms with Gasteiger partial charge < -0.3 is 5.11 Å². The molecule has 32 heavy (non-hydrogen) atoms. The topological polar surface area (TPSA) is 57.6 Å². The number of carbonyl (C=O) groups excluding carboxylic acids is 2. The van der Waals surface area contributed by atoms with E-state index in [9.17, 15) is 14.7 Å². The number of carbonyl (C=O) groups is 2. The lowest BCUT2D eigenvalue weighted by Crippen LogP contribution is -2.27. The van der Waals surface area contributed by atoms with Crippen molar-refractivity contribution in [2.75, 3.05) is 0 Å². The van der Waals surface area contributed by atoms with Gasteiger partial charge in [0.25, 0.3) is 11.1 Å². The molecular formula is C25H17Cl2NO3S. The first-order chi connectivity index (χ1) is 15.4. The third-order valence-electron chi connectivity index (χ3n) is 4.80. The fraction of sp³-hybridized carbons (Fsp3) is 0.0400. The number of phenols is 1. The van der Waals surface area contributed by atoms with Crippen LogP contribution in [0, 0.1) is 0 Å². The Balaban J connectivity index is 1.55. The number of rotatable bonds is 5. The van der Waals surface area contributed by atoms with Crippen molar-refractivity contribution in [1.82, 2.24) is 4.90 Å². The molecule has 3 aromatic carbocycles. The van der Waals surface area contributed by atoms with Gasteiger partial charge in [-0.15, -0.1) is 0 Å². The van der Waals surface area contributed by atoms with Crippen LogP contribution in [0.15, 0.2) is 71.6 Å². The van der Waals surface area contributed by atoms with Crippen molar-refractivity contribution in [2.45, 2.75) is 6.54 Å². The second-order valence-electron chi connectivity index (χ2n) is 7.08. The van der Waals surface area contributed by atoms with Gasteiger partial charge in [0, 0.05) is 5.56 Å². The summed E-state index contributed by atoms with van der Waals surface area (Å²) >= 11 is 12.8. The zero-order chi connectivity index (χ0) is 22.7. The number of amides is 2. The first-order valence-electron chi connectivity index (χ1n) is 9.66. The molecule has 1 aliphatic rings. The molecule has 1 N–H and O–H groups in total. The zero-order valence-corrected chi connectivity index (χ0v) is 19.0. The van der Waals surface area contributed by atoms with Crippen molar-refractivity contribution in [1.29, 1.82) is 0 Å². The molecule has 2 amide bonds. The van der Waals surface area contributed by atoms with Crippen LogP contribution < -0.4 is 0 Å². The molecule has 0 aromatic heterocycles. The highest BCUT2D eigenvalue weighted by Gasteiger charge is 2.35. The first kappa shape index (κ1) is 22.2. The molecule has 0 spiro atoms. The van der Waals surface area contributed by atoms with Gasteiger partial charge in [0.1, 0.15) is 5.75 Å². The summed E-state index contributed by atoms with van der Waals surface area (Å²) in [6.45, 7) is 0.0880. The molecule has 0 atom stereocenters. The highest BCUT2D eigenvalue weighted by atomic mass is 35.5. The van der Waals surface area contributed by atoms with Gasteiger partial charge in [-0.1, -0.05) is 77.8 Å². The molecule has 0 bridgehead atoms. The maximum Gasteiger partial charge on any atom is 0.293 e. The number of benzene rings is 3. The Labute approximate surface area is 199 Å². The molecule has 1 heterocycles. The Morgan fingerprint density at radius 3 is 2.38 bits per heavy atom. The Hall–Kier alpha value is -2.99. The molecular weight excluding hydrogens is 465 g/mol. The zero-order valence-electron chi connectivity index (χ0n) is 16.7. The molecule has 1 saturated heterocycles. The van der Waals surface area contributed by atoms with Gasteiger partial charge in [-0.2, -0.15) is 0 Å². The van der Waals surface area contributed by atoms with Crippen LogP contribution in [0.3, 0.4) is 0 Å². The minimum absolute atomic E-state index is 0.0261. The number of halogens is 2. The molecule has 7 heteroatoms. The van der Waals surface area contributed by atoms with E-state index in [0.717, 1.165) is 27.8 Å². The van der Waals surface area contributed by atoms with Crippen molar-refractivity contribution < 1.29 is 14.7 Å². The van der Waals surface area contributed by atoms with Gasteiger partial charge in [0.05, 0.1) is 21.5 Å². The van der Waals surface area contributed by atoms with Crippen LogP contribution >= 0.6 is 35.0 Å². The SMILES string of the molecule is O=C1SC(=Cc2cc(C=Cc3ccccc3)ccc2O)C(=O)N1Cc1ccc(Cl)c(Cl)c1. The second-order valence-corrected chi connectivity index (χ2v) is 8.89. The van der Waals surface area contributed by atoms with Crippen LogP contribution in [0.2, 0.25) is 10.0 Å². The maximum absolute atomic E-state index is 12.8. The minimum atomic E-state index is -0.421. The van der Waals surface area contributed by atoms with E-state index in [4.69, 9.17) is 23.2 Å². The molecule has 4 nitrogen and oxygen atoms in total. The van der Waals surface area contributed by atoms with E-state index in [1.165, 1.54) is 6.08 Å². The number of thioether (sulfide) groups is 1. The van der Waals surface area contributed by atoms with E-state index >= 15 is 0 Å². The van der Waals surface area contributed by atoms with Crippen LogP contribution in [0.25, 0.3) is 18.2 Å². The van der Waals surface area contributed by atoms with Crippen molar-refractivity contribution in [3.8, 4) is 5.75 Å². The standard InChI is InChI=1S/C25H17Cl2NO3S/c26-20-10-8-18(13-21(20)27)15-28-24(30)23(32-25(28)31)14-19-12-17(9-11-22(19)29)7-6-16-4-2-1-3-5-16/h1-14,29H,15H2. The molecule has 0 unspecified atom stereocenters. The number of nitrogens with zero attached hydrogens (tertiary/aromatic N) is 1. The molecule has 0 saturated carbocycles. The summed E-state index contributed by atoms with van der Waals surface area (Å²) in [7, 11) is 0. The van der Waals surface area contributed by atoms with Crippen LogP contribution in [-0.4, -0.2) is 21.2 Å². The van der Waals surface area contributed by atoms with Crippen LogP contribution in [0.1, 0.15) is 22.3 Å². The maximum atomic E-state index is 12.8. The third kappa shape index (κ3) is 5.07. The summed E-state index contributed by atoms with van der Waals surface area (Å²) in [5.74, 6) is -0.395. The van der Waals surface area contributed by atoms with Crippen molar-refractivity contribution in [2.24, 2.45) is 0 Å². The normalized spacial score (nSPS) is 15.3. The predicted molar refractivity (Wildman–Crippen MR) is 131 cm³/mol. The summed E-state index contributed by atoms with van der Waals surface area (Å²) < 4.78 is 0. The number of imide groups is 1. The second kappa shape index (κ2) is 9.65. The van der Waals surface area contributed by atoms with E-state index < -0.39 is 5.91 Å². The highest BCUT2D eigenvalue weighted by molar-refractivity contribution is 8.18. The lowest BCUT2D eigenvalue weighted by atomic mass is 10.1. The van der Waals surface area contributed by atoms with Gasteiger partial charge in [-0.25, -0.2) is 0 Å². The van der Waals surface area contributed by atoms with Crippen LogP contribution in [0.5, 0.6) is 5.75 Å².